The molecule has 2 N–H and O–H groups in total. The molecule has 8 nitrogen and oxygen atoms in total. The van der Waals surface area contributed by atoms with Crippen LogP contribution >= 0.6 is 0 Å². The number of nitrogens with zero attached hydrogens (tertiary/aromatic N) is 1. The van der Waals surface area contributed by atoms with Crippen LogP contribution in [0.5, 0.6) is 5.75 Å². The summed E-state index contributed by atoms with van der Waals surface area (Å²) in [5.41, 5.74) is -0.617. The van der Waals surface area contributed by atoms with E-state index in [0.29, 0.717) is 0 Å². The minimum Gasteiger partial charge on any atom is -0.486 e. The van der Waals surface area contributed by atoms with Crippen LogP contribution < -0.4 is 10.1 Å². The number of benzene rings is 2. The Morgan fingerprint density at radius 3 is 2.66 bits per heavy atom. The predicted octanol–water partition coefficient (Wildman–Crippen LogP) is 3.13. The highest BCUT2D eigenvalue weighted by atomic mass is 19.1. The quantitative estimate of drug-likeness (QED) is 0.631. The molecule has 0 bridgehead atoms. The summed E-state index contributed by atoms with van der Waals surface area (Å²) in [7, 11) is 0. The van der Waals surface area contributed by atoms with Crippen LogP contribution in [0.25, 0.3) is 11.0 Å². The van der Waals surface area contributed by atoms with Crippen LogP contribution in [-0.2, 0) is 9.59 Å². The number of carbonyl (C=O) groups excluding carboxylic acids is 2. The number of hydrogen-bond donors (Lipinski definition) is 2. The van der Waals surface area contributed by atoms with E-state index in [0.717, 1.165) is 16.5 Å². The first-order chi connectivity index (χ1) is 15.2. The molecule has 2 atom stereocenters. The van der Waals surface area contributed by atoms with Gasteiger partial charge >= 0.3 is 5.97 Å². The zero-order valence-corrected chi connectivity index (χ0v) is 17.4. The van der Waals surface area contributed by atoms with Crippen LogP contribution in [0, 0.1) is 5.82 Å². The number of carboxylic acids is 1. The number of rotatable bonds is 5. The number of amides is 2. The summed E-state index contributed by atoms with van der Waals surface area (Å²) in [5, 5.41) is 12.5. The first-order valence-corrected chi connectivity index (χ1v) is 9.95. The molecule has 3 aromatic rings. The lowest BCUT2D eigenvalue weighted by Crippen LogP contribution is -2.62. The van der Waals surface area contributed by atoms with Gasteiger partial charge in [-0.3, -0.25) is 14.4 Å². The maximum atomic E-state index is 13.8. The lowest BCUT2D eigenvalue weighted by atomic mass is 9.97. The number of furan rings is 1. The standard InChI is InChI=1S/C23H21FN2O6/c1-13(14-6-4-3-5-7-14)25-22(30)23(2)12-31-19-16-10-15(24)8-9-17(16)32-20(19)21(29)26(23)11-18(27)28/h3-10,13H,11-12H2,1-2H3,(H,25,30)(H,27,28)/t13?,23-/m1/s1. The molecule has 2 heterocycles. The van der Waals surface area contributed by atoms with Crippen LogP contribution in [0.4, 0.5) is 4.39 Å². The number of fused-ring (bicyclic) bond motifs is 3. The topological polar surface area (TPSA) is 109 Å². The van der Waals surface area contributed by atoms with Crippen molar-refractivity contribution >= 4 is 28.8 Å². The molecule has 166 valence electrons. The largest absolute Gasteiger partial charge is 0.486 e. The molecule has 1 aliphatic heterocycles. The lowest BCUT2D eigenvalue weighted by Gasteiger charge is -2.37. The normalized spacial score (nSPS) is 19.1. The van der Waals surface area contributed by atoms with Crippen molar-refractivity contribution in [3.8, 4) is 5.75 Å². The SMILES string of the molecule is CC(NC(=O)[C@@]1(C)COc2c(oc3ccc(F)cc23)C(=O)N1CC(=O)O)c1ccccc1. The van der Waals surface area contributed by atoms with E-state index in [-0.39, 0.29) is 29.1 Å². The number of halogens is 1. The molecule has 2 amide bonds. The van der Waals surface area contributed by atoms with Gasteiger partial charge in [-0.05, 0) is 37.6 Å². The van der Waals surface area contributed by atoms with Crippen molar-refractivity contribution in [1.82, 2.24) is 10.2 Å². The first kappa shape index (κ1) is 21.4. The summed E-state index contributed by atoms with van der Waals surface area (Å²) in [5.74, 6) is -3.59. The van der Waals surface area contributed by atoms with E-state index in [4.69, 9.17) is 9.15 Å². The average Bonchev–Trinajstić information content (AvgIpc) is 3.08. The fourth-order valence-corrected chi connectivity index (χ4v) is 3.72. The van der Waals surface area contributed by atoms with Crippen molar-refractivity contribution in [2.24, 2.45) is 0 Å². The Labute approximate surface area is 182 Å². The smallest absolute Gasteiger partial charge is 0.323 e. The summed E-state index contributed by atoms with van der Waals surface area (Å²) in [6, 6.07) is 12.5. The van der Waals surface area contributed by atoms with Crippen LogP contribution in [0.15, 0.2) is 52.9 Å². The second-order valence-corrected chi connectivity index (χ2v) is 7.85. The van der Waals surface area contributed by atoms with Gasteiger partial charge in [0.15, 0.2) is 11.3 Å². The molecule has 1 aliphatic rings. The van der Waals surface area contributed by atoms with Crippen molar-refractivity contribution in [2.75, 3.05) is 13.2 Å². The van der Waals surface area contributed by atoms with E-state index < -0.39 is 41.7 Å². The first-order valence-electron chi connectivity index (χ1n) is 9.95. The van der Waals surface area contributed by atoms with E-state index >= 15 is 0 Å². The maximum absolute atomic E-state index is 13.8. The molecule has 2 aromatic carbocycles. The Kier molecular flexibility index (Phi) is 5.33. The van der Waals surface area contributed by atoms with Crippen LogP contribution in [0.1, 0.15) is 36.0 Å². The van der Waals surface area contributed by atoms with Crippen molar-refractivity contribution in [3.63, 3.8) is 0 Å². The third-order valence-electron chi connectivity index (χ3n) is 5.57. The molecular formula is C23H21FN2O6. The Hall–Kier alpha value is -3.88. The van der Waals surface area contributed by atoms with Gasteiger partial charge in [-0.15, -0.1) is 0 Å². The van der Waals surface area contributed by atoms with Gasteiger partial charge in [0.1, 0.15) is 24.6 Å². The minimum absolute atomic E-state index is 0.0208. The lowest BCUT2D eigenvalue weighted by molar-refractivity contribution is -0.142. The van der Waals surface area contributed by atoms with Crippen LogP contribution in [0.3, 0.4) is 0 Å². The molecule has 32 heavy (non-hydrogen) atoms. The molecule has 1 aromatic heterocycles. The number of nitrogens with one attached hydrogen (secondary N) is 1. The van der Waals surface area contributed by atoms with Gasteiger partial charge in [-0.1, -0.05) is 30.3 Å². The predicted molar refractivity (Wildman–Crippen MR) is 112 cm³/mol. The highest BCUT2D eigenvalue weighted by Crippen LogP contribution is 2.38. The summed E-state index contributed by atoms with van der Waals surface area (Å²) < 4.78 is 25.1. The number of carbonyl (C=O) groups is 3. The maximum Gasteiger partial charge on any atom is 0.323 e. The third-order valence-corrected chi connectivity index (χ3v) is 5.57. The van der Waals surface area contributed by atoms with E-state index in [1.807, 2.05) is 30.3 Å². The van der Waals surface area contributed by atoms with Gasteiger partial charge in [0.25, 0.3) is 5.91 Å². The summed E-state index contributed by atoms with van der Waals surface area (Å²) in [6.45, 7) is 2.10. The Morgan fingerprint density at radius 2 is 1.97 bits per heavy atom. The fourth-order valence-electron chi connectivity index (χ4n) is 3.72. The Morgan fingerprint density at radius 1 is 1.25 bits per heavy atom. The van der Waals surface area contributed by atoms with Crippen LogP contribution in [0.2, 0.25) is 0 Å². The van der Waals surface area contributed by atoms with E-state index in [9.17, 15) is 23.9 Å². The molecule has 9 heteroatoms. The second-order valence-electron chi connectivity index (χ2n) is 7.85. The van der Waals surface area contributed by atoms with Gasteiger partial charge in [0.2, 0.25) is 11.7 Å². The van der Waals surface area contributed by atoms with Gasteiger partial charge < -0.3 is 24.5 Å². The van der Waals surface area contributed by atoms with Crippen molar-refractivity contribution in [3.05, 3.63) is 65.7 Å². The zero-order valence-electron chi connectivity index (χ0n) is 17.4. The molecule has 0 fully saturated rings. The van der Waals surface area contributed by atoms with Crippen molar-refractivity contribution in [2.45, 2.75) is 25.4 Å². The van der Waals surface area contributed by atoms with Crippen molar-refractivity contribution < 1.29 is 33.0 Å². The van der Waals surface area contributed by atoms with Crippen LogP contribution in [-0.4, -0.2) is 46.5 Å². The molecule has 4 rings (SSSR count). The number of aliphatic carboxylic acids is 1. The Bertz CT molecular complexity index is 1210. The second kappa shape index (κ2) is 7.99. The molecule has 0 saturated heterocycles. The fraction of sp³-hybridized carbons (Fsp3) is 0.261. The highest BCUT2D eigenvalue weighted by molar-refractivity contribution is 6.05. The average molecular weight is 440 g/mol. The van der Waals surface area contributed by atoms with E-state index in [1.54, 1.807) is 6.92 Å². The molecule has 0 spiro atoms. The molecular weight excluding hydrogens is 419 g/mol. The highest BCUT2D eigenvalue weighted by Gasteiger charge is 2.49. The molecule has 1 unspecified atom stereocenters. The number of carboxylic acid groups (broad SMARTS) is 1. The number of ether oxygens (including phenoxy) is 1. The molecule has 0 aliphatic carbocycles. The third kappa shape index (κ3) is 3.66. The minimum atomic E-state index is -1.67. The molecule has 0 saturated carbocycles. The van der Waals surface area contributed by atoms with E-state index in [2.05, 4.69) is 5.32 Å². The number of hydrogen-bond acceptors (Lipinski definition) is 5. The zero-order chi connectivity index (χ0) is 23.0. The van der Waals surface area contributed by atoms with Gasteiger partial charge in [-0.2, -0.15) is 0 Å². The summed E-state index contributed by atoms with van der Waals surface area (Å²) in [4.78, 5) is 39.1. The van der Waals surface area contributed by atoms with E-state index in [1.165, 1.54) is 19.1 Å². The van der Waals surface area contributed by atoms with Crippen molar-refractivity contribution in [1.29, 1.82) is 0 Å². The Balaban J connectivity index is 1.72. The van der Waals surface area contributed by atoms with Gasteiger partial charge in [-0.25, -0.2) is 4.39 Å². The van der Waals surface area contributed by atoms with Gasteiger partial charge in [0, 0.05) is 0 Å². The molecule has 0 radical (unpaired) electrons. The summed E-state index contributed by atoms with van der Waals surface area (Å²) in [6.07, 6.45) is 0. The summed E-state index contributed by atoms with van der Waals surface area (Å²) >= 11 is 0. The van der Waals surface area contributed by atoms with Gasteiger partial charge in [0.05, 0.1) is 11.4 Å². The monoisotopic (exact) mass is 440 g/mol.